The van der Waals surface area contributed by atoms with Gasteiger partial charge in [0.2, 0.25) is 0 Å². The maximum atomic E-state index is 13.1. The lowest BCUT2D eigenvalue weighted by Crippen LogP contribution is -2.33. The summed E-state index contributed by atoms with van der Waals surface area (Å²) >= 11 is 0. The Kier molecular flexibility index (Phi) is 6.44. The van der Waals surface area contributed by atoms with Crippen molar-refractivity contribution >= 4 is 5.91 Å². The van der Waals surface area contributed by atoms with Crippen LogP contribution in [0.15, 0.2) is 24.3 Å². The highest BCUT2D eigenvalue weighted by molar-refractivity contribution is 5.93. The topological polar surface area (TPSA) is 65.4 Å². The van der Waals surface area contributed by atoms with Crippen molar-refractivity contribution in [3.05, 3.63) is 41.2 Å². The molecule has 1 N–H and O–H groups in total. The summed E-state index contributed by atoms with van der Waals surface area (Å²) in [6, 6.07) is 7.58. The molecule has 1 unspecified atom stereocenters. The van der Waals surface area contributed by atoms with Crippen molar-refractivity contribution < 1.29 is 14.3 Å². The molecule has 1 aliphatic rings. The molecule has 1 atom stereocenters. The van der Waals surface area contributed by atoms with Gasteiger partial charge in [0.25, 0.3) is 5.91 Å². The maximum Gasteiger partial charge on any atom is 0.270 e. The molecule has 1 aromatic carbocycles. The molecule has 0 spiro atoms. The quantitative estimate of drug-likeness (QED) is 0.658. The number of benzene rings is 1. The van der Waals surface area contributed by atoms with Crippen LogP contribution >= 0.6 is 0 Å². The molecule has 1 fully saturated rings. The van der Waals surface area contributed by atoms with Gasteiger partial charge < -0.3 is 14.8 Å². The van der Waals surface area contributed by atoms with Crippen LogP contribution < -0.4 is 14.8 Å². The first kappa shape index (κ1) is 22.2. The average molecular weight is 414 g/mol. The van der Waals surface area contributed by atoms with Crippen molar-refractivity contribution in [3.63, 3.8) is 0 Å². The number of hydrogen-bond acceptors (Lipinski definition) is 4. The molecule has 30 heavy (non-hydrogen) atoms. The van der Waals surface area contributed by atoms with Crippen LogP contribution in [0.5, 0.6) is 11.5 Å². The minimum atomic E-state index is -0.262. The number of methoxy groups -OCH3 is 1. The number of carbonyl (C=O) groups is 1. The van der Waals surface area contributed by atoms with Crippen LogP contribution in [-0.4, -0.2) is 29.4 Å². The van der Waals surface area contributed by atoms with Gasteiger partial charge in [0.15, 0.2) is 11.5 Å². The summed E-state index contributed by atoms with van der Waals surface area (Å²) in [5.74, 6) is 2.20. The molecular weight excluding hydrogens is 378 g/mol. The summed E-state index contributed by atoms with van der Waals surface area (Å²) in [5.41, 5.74) is 2.33. The van der Waals surface area contributed by atoms with E-state index in [2.05, 4.69) is 39.9 Å². The first-order valence-electron chi connectivity index (χ1n) is 10.8. The van der Waals surface area contributed by atoms with Crippen molar-refractivity contribution in [2.75, 3.05) is 13.7 Å². The molecule has 0 saturated heterocycles. The number of rotatable bonds is 8. The van der Waals surface area contributed by atoms with Gasteiger partial charge in [-0.25, -0.2) is 0 Å². The van der Waals surface area contributed by atoms with E-state index in [1.54, 1.807) is 7.11 Å². The smallest absolute Gasteiger partial charge is 0.270 e. The average Bonchev–Trinajstić information content (AvgIpc) is 3.42. The highest BCUT2D eigenvalue weighted by atomic mass is 16.5. The predicted molar refractivity (Wildman–Crippen MR) is 118 cm³/mol. The number of ether oxygens (including phenoxy) is 2. The number of aromatic nitrogens is 2. The normalized spacial score (nSPS) is 15.2. The van der Waals surface area contributed by atoms with Crippen LogP contribution in [0.25, 0.3) is 0 Å². The van der Waals surface area contributed by atoms with Crippen LogP contribution in [0.2, 0.25) is 0 Å². The second-order valence-corrected chi connectivity index (χ2v) is 9.62. The Labute approximate surface area is 180 Å². The minimum absolute atomic E-state index is 0.115. The van der Waals surface area contributed by atoms with E-state index in [4.69, 9.17) is 14.6 Å². The lowest BCUT2D eigenvalue weighted by molar-refractivity contribution is 0.0921. The van der Waals surface area contributed by atoms with Gasteiger partial charge in [-0.05, 0) is 70.2 Å². The van der Waals surface area contributed by atoms with E-state index in [9.17, 15) is 4.79 Å². The second-order valence-electron chi connectivity index (χ2n) is 9.62. The predicted octanol–water partition coefficient (Wildman–Crippen LogP) is 5.05. The number of nitrogens with zero attached hydrogens (tertiary/aromatic N) is 2. The van der Waals surface area contributed by atoms with Gasteiger partial charge in [0.1, 0.15) is 5.69 Å². The van der Waals surface area contributed by atoms with Gasteiger partial charge in [0, 0.05) is 5.92 Å². The third-order valence-electron chi connectivity index (χ3n) is 5.20. The fraction of sp³-hybridized carbons (Fsp3) is 0.583. The lowest BCUT2D eigenvalue weighted by atomic mass is 10.1. The van der Waals surface area contributed by atoms with Crippen molar-refractivity contribution in [1.82, 2.24) is 15.1 Å². The van der Waals surface area contributed by atoms with Crippen molar-refractivity contribution in [3.8, 4) is 11.5 Å². The molecule has 6 heteroatoms. The molecule has 6 nitrogen and oxygen atoms in total. The molecule has 3 rings (SSSR count). The van der Waals surface area contributed by atoms with E-state index in [0.717, 1.165) is 24.1 Å². The van der Waals surface area contributed by atoms with Crippen LogP contribution in [0.3, 0.4) is 0 Å². The molecule has 0 bridgehead atoms. The zero-order valence-corrected chi connectivity index (χ0v) is 19.3. The van der Waals surface area contributed by atoms with Crippen molar-refractivity contribution in [2.24, 2.45) is 5.92 Å². The largest absolute Gasteiger partial charge is 0.493 e. The summed E-state index contributed by atoms with van der Waals surface area (Å²) < 4.78 is 13.2. The van der Waals surface area contributed by atoms with Crippen molar-refractivity contribution in [2.45, 2.75) is 71.9 Å². The first-order chi connectivity index (χ1) is 14.1. The Hall–Kier alpha value is -2.50. The summed E-state index contributed by atoms with van der Waals surface area (Å²) in [6.07, 6.45) is 2.31. The lowest BCUT2D eigenvalue weighted by Gasteiger charge is -2.23. The number of carbonyl (C=O) groups excluding carboxylic acids is 1. The van der Waals surface area contributed by atoms with Gasteiger partial charge in [-0.1, -0.05) is 19.9 Å². The summed E-state index contributed by atoms with van der Waals surface area (Å²) in [7, 11) is 1.63. The number of nitrogens with one attached hydrogen (secondary N) is 1. The molecule has 1 aliphatic carbocycles. The Morgan fingerprint density at radius 2 is 1.90 bits per heavy atom. The Morgan fingerprint density at radius 3 is 2.47 bits per heavy atom. The zero-order chi connectivity index (χ0) is 22.1. The van der Waals surface area contributed by atoms with E-state index in [1.807, 2.05) is 35.9 Å². The van der Waals surface area contributed by atoms with E-state index < -0.39 is 0 Å². The highest BCUT2D eigenvalue weighted by Gasteiger charge is 2.31. The Balaban J connectivity index is 1.77. The fourth-order valence-electron chi connectivity index (χ4n) is 3.33. The molecule has 1 heterocycles. The number of hydrogen-bond donors (Lipinski definition) is 1. The van der Waals surface area contributed by atoms with E-state index >= 15 is 0 Å². The third kappa shape index (κ3) is 5.15. The molecule has 1 aromatic heterocycles. The van der Waals surface area contributed by atoms with Crippen LogP contribution in [0.1, 0.15) is 88.1 Å². The Morgan fingerprint density at radius 1 is 1.20 bits per heavy atom. The molecule has 0 aliphatic heterocycles. The van der Waals surface area contributed by atoms with E-state index in [-0.39, 0.29) is 17.5 Å². The maximum absolute atomic E-state index is 13.1. The van der Waals surface area contributed by atoms with Crippen LogP contribution in [0.4, 0.5) is 0 Å². The second kappa shape index (κ2) is 8.70. The van der Waals surface area contributed by atoms with E-state index in [0.29, 0.717) is 35.6 Å². The first-order valence-corrected chi connectivity index (χ1v) is 10.8. The SMILES string of the molecule is COc1cc(C(C)NC(=O)c2cc(C3CC3)nn2C(C)(C)C)ccc1OCC(C)C. The van der Waals surface area contributed by atoms with Crippen molar-refractivity contribution in [1.29, 1.82) is 0 Å². The summed E-state index contributed by atoms with van der Waals surface area (Å²) in [4.78, 5) is 13.1. The molecular formula is C24H35N3O3. The summed E-state index contributed by atoms with van der Waals surface area (Å²) in [5, 5.41) is 7.86. The third-order valence-corrected chi connectivity index (χ3v) is 5.20. The van der Waals surface area contributed by atoms with Gasteiger partial charge in [-0.2, -0.15) is 5.10 Å². The van der Waals surface area contributed by atoms with Gasteiger partial charge in [-0.3, -0.25) is 9.48 Å². The number of amides is 1. The molecule has 1 amide bonds. The molecule has 0 radical (unpaired) electrons. The molecule has 2 aromatic rings. The van der Waals surface area contributed by atoms with Gasteiger partial charge >= 0.3 is 0 Å². The van der Waals surface area contributed by atoms with Gasteiger partial charge in [0.05, 0.1) is 31.0 Å². The minimum Gasteiger partial charge on any atom is -0.493 e. The van der Waals surface area contributed by atoms with Crippen LogP contribution in [0, 0.1) is 5.92 Å². The fourth-order valence-corrected chi connectivity index (χ4v) is 3.33. The Bertz CT molecular complexity index is 892. The summed E-state index contributed by atoms with van der Waals surface area (Å²) in [6.45, 7) is 13.0. The standard InChI is InChI=1S/C24H35N3O3/c1-15(2)14-30-21-11-10-18(12-22(21)29-7)16(3)25-23(28)20-13-19(17-8-9-17)26-27(20)24(4,5)6/h10-13,15-17H,8-9,14H2,1-7H3,(H,25,28). The monoisotopic (exact) mass is 413 g/mol. The molecule has 1 saturated carbocycles. The van der Waals surface area contributed by atoms with Gasteiger partial charge in [-0.15, -0.1) is 0 Å². The molecule has 164 valence electrons. The van der Waals surface area contributed by atoms with E-state index in [1.165, 1.54) is 0 Å². The highest BCUT2D eigenvalue weighted by Crippen LogP contribution is 2.40. The van der Waals surface area contributed by atoms with Crippen LogP contribution in [-0.2, 0) is 5.54 Å². The zero-order valence-electron chi connectivity index (χ0n) is 19.3.